The molecule has 0 aliphatic rings. The average molecular weight is 296 g/mol. The second-order valence-corrected chi connectivity index (χ2v) is 4.56. The molecule has 0 amide bonds. The number of anilines is 1. The average Bonchev–Trinajstić information content (AvgIpc) is 2.27. The Hall–Kier alpha value is -1.55. The quantitative estimate of drug-likeness (QED) is 0.840. The van der Waals surface area contributed by atoms with Gasteiger partial charge in [-0.05, 0) is 52.7 Å². The van der Waals surface area contributed by atoms with Gasteiger partial charge >= 0.3 is 0 Å². The highest BCUT2D eigenvalue weighted by atomic mass is 79.9. The molecule has 0 bridgehead atoms. The minimum absolute atomic E-state index is 0.322. The third-order valence-electron chi connectivity index (χ3n) is 2.33. The summed E-state index contributed by atoms with van der Waals surface area (Å²) < 4.78 is 19.5. The van der Waals surface area contributed by atoms with E-state index in [9.17, 15) is 4.39 Å². The number of ether oxygens (including phenoxy) is 1. The van der Waals surface area contributed by atoms with Crippen LogP contribution in [0, 0.1) is 12.7 Å². The van der Waals surface area contributed by atoms with Crippen molar-refractivity contribution in [1.82, 2.24) is 0 Å². The second-order valence-electron chi connectivity index (χ2n) is 3.70. The Bertz CT molecular complexity index is 557. The van der Waals surface area contributed by atoms with E-state index in [0.29, 0.717) is 17.2 Å². The molecule has 0 saturated heterocycles. The number of nitrogen functional groups attached to an aromatic ring is 1. The highest BCUT2D eigenvalue weighted by molar-refractivity contribution is 9.10. The minimum atomic E-state index is -0.322. The zero-order valence-electron chi connectivity index (χ0n) is 9.21. The van der Waals surface area contributed by atoms with Gasteiger partial charge in [-0.2, -0.15) is 0 Å². The molecule has 2 nitrogen and oxygen atoms in total. The van der Waals surface area contributed by atoms with Crippen molar-refractivity contribution in [1.29, 1.82) is 0 Å². The summed E-state index contributed by atoms with van der Waals surface area (Å²) in [6.45, 7) is 1.86. The van der Waals surface area contributed by atoms with Gasteiger partial charge in [-0.1, -0.05) is 6.07 Å². The Morgan fingerprint density at radius 2 is 1.88 bits per heavy atom. The fourth-order valence-electron chi connectivity index (χ4n) is 1.40. The summed E-state index contributed by atoms with van der Waals surface area (Å²) in [7, 11) is 0. The van der Waals surface area contributed by atoms with Gasteiger partial charge in [0, 0.05) is 11.8 Å². The highest BCUT2D eigenvalue weighted by Gasteiger charge is 2.06. The van der Waals surface area contributed by atoms with Gasteiger partial charge in [-0.15, -0.1) is 0 Å². The summed E-state index contributed by atoms with van der Waals surface area (Å²) >= 11 is 3.35. The second kappa shape index (κ2) is 4.75. The third-order valence-corrected chi connectivity index (χ3v) is 2.95. The van der Waals surface area contributed by atoms with Crippen molar-refractivity contribution in [3.63, 3.8) is 0 Å². The van der Waals surface area contributed by atoms with Crippen LogP contribution in [0.1, 0.15) is 5.56 Å². The summed E-state index contributed by atoms with van der Waals surface area (Å²) in [4.78, 5) is 0. The minimum Gasteiger partial charge on any atom is -0.456 e. The molecule has 4 heteroatoms. The zero-order valence-corrected chi connectivity index (χ0v) is 10.8. The fraction of sp³-hybridized carbons (Fsp3) is 0.0769. The van der Waals surface area contributed by atoms with Gasteiger partial charge in [0.25, 0.3) is 0 Å². The van der Waals surface area contributed by atoms with Crippen LogP contribution in [0.4, 0.5) is 10.1 Å². The van der Waals surface area contributed by atoms with Gasteiger partial charge in [0.15, 0.2) is 0 Å². The summed E-state index contributed by atoms with van der Waals surface area (Å²) in [5.41, 5.74) is 7.14. The lowest BCUT2D eigenvalue weighted by Crippen LogP contribution is -1.91. The van der Waals surface area contributed by atoms with Gasteiger partial charge < -0.3 is 10.5 Å². The molecule has 0 aliphatic carbocycles. The van der Waals surface area contributed by atoms with Crippen molar-refractivity contribution in [2.75, 3.05) is 5.73 Å². The van der Waals surface area contributed by atoms with Crippen LogP contribution in [-0.2, 0) is 0 Å². The summed E-state index contributed by atoms with van der Waals surface area (Å²) in [6, 6.07) is 9.65. The van der Waals surface area contributed by atoms with E-state index in [1.807, 2.05) is 6.92 Å². The molecular weight excluding hydrogens is 285 g/mol. The molecule has 0 aliphatic heterocycles. The topological polar surface area (TPSA) is 35.2 Å². The van der Waals surface area contributed by atoms with Crippen LogP contribution in [-0.4, -0.2) is 0 Å². The van der Waals surface area contributed by atoms with E-state index in [-0.39, 0.29) is 5.82 Å². The SMILES string of the molecule is Cc1ccc(F)cc1Oc1ccc(N)cc1Br. The maximum atomic E-state index is 13.1. The van der Waals surface area contributed by atoms with Crippen LogP contribution in [0.2, 0.25) is 0 Å². The Morgan fingerprint density at radius 3 is 2.59 bits per heavy atom. The molecule has 0 heterocycles. The van der Waals surface area contributed by atoms with Crippen LogP contribution < -0.4 is 10.5 Å². The Kier molecular flexibility index (Phi) is 3.33. The molecule has 0 radical (unpaired) electrons. The first-order valence-corrected chi connectivity index (χ1v) is 5.84. The summed E-state index contributed by atoms with van der Waals surface area (Å²) in [5.74, 6) is 0.778. The van der Waals surface area contributed by atoms with Crippen molar-refractivity contribution in [2.24, 2.45) is 0 Å². The number of benzene rings is 2. The maximum Gasteiger partial charge on any atom is 0.141 e. The highest BCUT2D eigenvalue weighted by Crippen LogP contribution is 2.32. The fourth-order valence-corrected chi connectivity index (χ4v) is 1.88. The van der Waals surface area contributed by atoms with E-state index in [0.717, 1.165) is 10.0 Å². The third kappa shape index (κ3) is 2.77. The van der Waals surface area contributed by atoms with Gasteiger partial charge in [0.2, 0.25) is 0 Å². The van der Waals surface area contributed by atoms with E-state index >= 15 is 0 Å². The van der Waals surface area contributed by atoms with E-state index in [1.165, 1.54) is 12.1 Å². The number of hydrogen-bond donors (Lipinski definition) is 1. The lowest BCUT2D eigenvalue weighted by molar-refractivity contribution is 0.470. The lowest BCUT2D eigenvalue weighted by atomic mass is 10.2. The molecule has 0 aromatic heterocycles. The van der Waals surface area contributed by atoms with Crippen molar-refractivity contribution in [2.45, 2.75) is 6.92 Å². The molecule has 88 valence electrons. The number of rotatable bonds is 2. The van der Waals surface area contributed by atoms with Gasteiger partial charge in [-0.3, -0.25) is 0 Å². The first kappa shape index (κ1) is 11.9. The molecule has 0 atom stereocenters. The molecule has 0 unspecified atom stereocenters. The predicted molar refractivity (Wildman–Crippen MR) is 69.8 cm³/mol. The Morgan fingerprint density at radius 1 is 1.12 bits per heavy atom. The molecular formula is C13H11BrFNO. The predicted octanol–water partition coefficient (Wildman–Crippen LogP) is 4.27. The molecule has 2 N–H and O–H groups in total. The first-order chi connectivity index (χ1) is 8.06. The summed E-state index contributed by atoms with van der Waals surface area (Å²) in [6.07, 6.45) is 0. The van der Waals surface area contributed by atoms with Gasteiger partial charge in [-0.25, -0.2) is 4.39 Å². The van der Waals surface area contributed by atoms with E-state index in [4.69, 9.17) is 10.5 Å². The Balaban J connectivity index is 2.34. The molecule has 0 fully saturated rings. The number of halogens is 2. The van der Waals surface area contributed by atoms with E-state index in [1.54, 1.807) is 24.3 Å². The molecule has 2 aromatic carbocycles. The van der Waals surface area contributed by atoms with Gasteiger partial charge in [0.05, 0.1) is 4.47 Å². The smallest absolute Gasteiger partial charge is 0.141 e. The van der Waals surface area contributed by atoms with E-state index < -0.39 is 0 Å². The van der Waals surface area contributed by atoms with Gasteiger partial charge in [0.1, 0.15) is 17.3 Å². The van der Waals surface area contributed by atoms with Crippen LogP contribution in [0.25, 0.3) is 0 Å². The van der Waals surface area contributed by atoms with Crippen molar-refractivity contribution >= 4 is 21.6 Å². The van der Waals surface area contributed by atoms with Crippen LogP contribution in [0.3, 0.4) is 0 Å². The lowest BCUT2D eigenvalue weighted by Gasteiger charge is -2.10. The van der Waals surface area contributed by atoms with Crippen molar-refractivity contribution in [3.8, 4) is 11.5 Å². The maximum absolute atomic E-state index is 13.1. The van der Waals surface area contributed by atoms with Crippen LogP contribution in [0.5, 0.6) is 11.5 Å². The van der Waals surface area contributed by atoms with Crippen LogP contribution >= 0.6 is 15.9 Å². The first-order valence-electron chi connectivity index (χ1n) is 5.05. The normalized spacial score (nSPS) is 10.3. The number of nitrogens with two attached hydrogens (primary N) is 1. The molecule has 17 heavy (non-hydrogen) atoms. The molecule has 0 spiro atoms. The van der Waals surface area contributed by atoms with Crippen LogP contribution in [0.15, 0.2) is 40.9 Å². The standard InChI is InChI=1S/C13H11BrFNO/c1-8-2-3-9(15)6-13(8)17-12-5-4-10(16)7-11(12)14/h2-7H,16H2,1H3. The Labute approximate surface area is 107 Å². The molecule has 2 rings (SSSR count). The van der Waals surface area contributed by atoms with Crippen molar-refractivity contribution < 1.29 is 9.13 Å². The molecule has 2 aromatic rings. The summed E-state index contributed by atoms with van der Waals surface area (Å²) in [5, 5.41) is 0. The number of aryl methyl sites for hydroxylation is 1. The largest absolute Gasteiger partial charge is 0.456 e. The molecule has 0 saturated carbocycles. The van der Waals surface area contributed by atoms with Crippen molar-refractivity contribution in [3.05, 3.63) is 52.3 Å². The van der Waals surface area contributed by atoms with E-state index in [2.05, 4.69) is 15.9 Å². The zero-order chi connectivity index (χ0) is 12.4. The monoisotopic (exact) mass is 295 g/mol. The number of hydrogen-bond acceptors (Lipinski definition) is 2.